The van der Waals surface area contributed by atoms with E-state index in [0.717, 1.165) is 0 Å². The van der Waals surface area contributed by atoms with E-state index in [-0.39, 0.29) is 17.2 Å². The first-order valence-corrected chi connectivity index (χ1v) is 5.90. The molecule has 0 aliphatic carbocycles. The van der Waals surface area contributed by atoms with Gasteiger partial charge in [0, 0.05) is 6.92 Å². The SMILES string of the molecule is CC(=O)Nc1ccccc1Oc1cccc(F)c1C=O. The molecule has 2 aromatic carbocycles. The number of amides is 1. The molecular formula is C15H12FNO3. The van der Waals surface area contributed by atoms with Crippen molar-refractivity contribution in [3.05, 3.63) is 53.8 Å². The highest BCUT2D eigenvalue weighted by molar-refractivity contribution is 5.90. The summed E-state index contributed by atoms with van der Waals surface area (Å²) in [7, 11) is 0. The lowest BCUT2D eigenvalue weighted by Gasteiger charge is -2.12. The van der Waals surface area contributed by atoms with Gasteiger partial charge in [0.25, 0.3) is 0 Å². The summed E-state index contributed by atoms with van der Waals surface area (Å²) in [5.41, 5.74) is 0.284. The highest BCUT2D eigenvalue weighted by Gasteiger charge is 2.12. The van der Waals surface area contributed by atoms with Crippen molar-refractivity contribution in [2.24, 2.45) is 0 Å². The second-order valence-electron chi connectivity index (χ2n) is 4.05. The maximum absolute atomic E-state index is 13.5. The quantitative estimate of drug-likeness (QED) is 0.869. The molecule has 4 nitrogen and oxygen atoms in total. The zero-order valence-corrected chi connectivity index (χ0v) is 10.7. The van der Waals surface area contributed by atoms with Crippen LogP contribution in [0.5, 0.6) is 11.5 Å². The molecule has 0 aliphatic rings. The van der Waals surface area contributed by atoms with Crippen LogP contribution in [0.4, 0.5) is 10.1 Å². The summed E-state index contributed by atoms with van der Waals surface area (Å²) in [5, 5.41) is 2.60. The van der Waals surface area contributed by atoms with Crippen molar-refractivity contribution in [2.75, 3.05) is 5.32 Å². The molecule has 102 valence electrons. The van der Waals surface area contributed by atoms with E-state index in [1.807, 2.05) is 0 Å². The van der Waals surface area contributed by atoms with Crippen LogP contribution in [0.3, 0.4) is 0 Å². The Labute approximate surface area is 115 Å². The molecule has 20 heavy (non-hydrogen) atoms. The molecule has 2 rings (SSSR count). The second-order valence-corrected chi connectivity index (χ2v) is 4.05. The van der Waals surface area contributed by atoms with Crippen LogP contribution in [0.15, 0.2) is 42.5 Å². The minimum absolute atomic E-state index is 0.0952. The van der Waals surface area contributed by atoms with Crippen LogP contribution in [-0.2, 0) is 4.79 Å². The Morgan fingerprint density at radius 1 is 1.15 bits per heavy atom. The third-order valence-electron chi connectivity index (χ3n) is 2.55. The lowest BCUT2D eigenvalue weighted by Crippen LogP contribution is -2.07. The third kappa shape index (κ3) is 3.00. The Balaban J connectivity index is 2.38. The molecule has 2 aromatic rings. The molecule has 1 amide bonds. The number of ether oxygens (including phenoxy) is 1. The normalized spacial score (nSPS) is 9.90. The minimum Gasteiger partial charge on any atom is -0.454 e. The number of halogens is 1. The van der Waals surface area contributed by atoms with Crippen molar-refractivity contribution in [1.82, 2.24) is 0 Å². The van der Waals surface area contributed by atoms with Gasteiger partial charge in [-0.2, -0.15) is 0 Å². The van der Waals surface area contributed by atoms with Crippen LogP contribution in [0, 0.1) is 5.82 Å². The van der Waals surface area contributed by atoms with Crippen LogP contribution in [0.25, 0.3) is 0 Å². The number of para-hydroxylation sites is 2. The van der Waals surface area contributed by atoms with Gasteiger partial charge in [0.2, 0.25) is 5.91 Å². The maximum atomic E-state index is 13.5. The maximum Gasteiger partial charge on any atom is 0.221 e. The summed E-state index contributed by atoms with van der Waals surface area (Å²) < 4.78 is 19.0. The summed E-state index contributed by atoms with van der Waals surface area (Å²) >= 11 is 0. The first-order valence-electron chi connectivity index (χ1n) is 5.90. The van der Waals surface area contributed by atoms with Gasteiger partial charge in [-0.1, -0.05) is 18.2 Å². The average Bonchev–Trinajstić information content (AvgIpc) is 2.41. The highest BCUT2D eigenvalue weighted by atomic mass is 19.1. The van der Waals surface area contributed by atoms with E-state index in [2.05, 4.69) is 5.32 Å². The molecule has 5 heteroatoms. The van der Waals surface area contributed by atoms with Crippen LogP contribution in [-0.4, -0.2) is 12.2 Å². The first kappa shape index (κ1) is 13.7. The summed E-state index contributed by atoms with van der Waals surface area (Å²) in [6, 6.07) is 10.8. The number of hydrogen-bond donors (Lipinski definition) is 1. The molecular weight excluding hydrogens is 261 g/mol. The number of hydrogen-bond acceptors (Lipinski definition) is 3. The van der Waals surface area contributed by atoms with E-state index >= 15 is 0 Å². The molecule has 0 bridgehead atoms. The number of aldehydes is 1. The Morgan fingerprint density at radius 2 is 1.85 bits per heavy atom. The monoisotopic (exact) mass is 273 g/mol. The second kappa shape index (κ2) is 5.97. The van der Waals surface area contributed by atoms with E-state index in [1.165, 1.54) is 25.1 Å². The molecule has 0 spiro atoms. The van der Waals surface area contributed by atoms with Crippen LogP contribution < -0.4 is 10.1 Å². The molecule has 0 atom stereocenters. The van der Waals surface area contributed by atoms with Crippen molar-refractivity contribution in [2.45, 2.75) is 6.92 Å². The summed E-state index contributed by atoms with van der Waals surface area (Å²) in [6.07, 6.45) is 0.395. The van der Waals surface area contributed by atoms with E-state index in [1.54, 1.807) is 24.3 Å². The van der Waals surface area contributed by atoms with Gasteiger partial charge in [-0.25, -0.2) is 4.39 Å². The van der Waals surface area contributed by atoms with Crippen LogP contribution in [0.1, 0.15) is 17.3 Å². The molecule has 0 aliphatic heterocycles. The molecule has 0 saturated carbocycles. The third-order valence-corrected chi connectivity index (χ3v) is 2.55. The summed E-state index contributed by atoms with van der Waals surface area (Å²) in [5.74, 6) is -0.486. The molecule has 0 unspecified atom stereocenters. The van der Waals surface area contributed by atoms with Gasteiger partial charge >= 0.3 is 0 Å². The number of benzene rings is 2. The van der Waals surface area contributed by atoms with Gasteiger partial charge in [-0.15, -0.1) is 0 Å². The fourth-order valence-corrected chi connectivity index (χ4v) is 1.69. The topological polar surface area (TPSA) is 55.4 Å². The van der Waals surface area contributed by atoms with E-state index in [4.69, 9.17) is 4.74 Å². The van der Waals surface area contributed by atoms with Gasteiger partial charge in [-0.3, -0.25) is 9.59 Å². The van der Waals surface area contributed by atoms with Gasteiger partial charge in [0.15, 0.2) is 12.0 Å². The van der Waals surface area contributed by atoms with E-state index < -0.39 is 5.82 Å². The molecule has 0 saturated heterocycles. The fourth-order valence-electron chi connectivity index (χ4n) is 1.69. The van der Waals surface area contributed by atoms with Crippen LogP contribution in [0.2, 0.25) is 0 Å². The van der Waals surface area contributed by atoms with Gasteiger partial charge < -0.3 is 10.1 Å². The molecule has 0 heterocycles. The van der Waals surface area contributed by atoms with Crippen LogP contribution >= 0.6 is 0 Å². The Kier molecular flexibility index (Phi) is 4.10. The predicted octanol–water partition coefficient (Wildman–Crippen LogP) is 3.39. The zero-order valence-electron chi connectivity index (χ0n) is 10.7. The summed E-state index contributed by atoms with van der Waals surface area (Å²) in [4.78, 5) is 22.0. The van der Waals surface area contributed by atoms with Crippen molar-refractivity contribution in [3.8, 4) is 11.5 Å². The molecule has 0 aromatic heterocycles. The fraction of sp³-hybridized carbons (Fsp3) is 0.0667. The average molecular weight is 273 g/mol. The van der Waals surface area contributed by atoms with Gasteiger partial charge in [-0.05, 0) is 24.3 Å². The van der Waals surface area contributed by atoms with E-state index in [0.29, 0.717) is 17.7 Å². The predicted molar refractivity (Wildman–Crippen MR) is 72.6 cm³/mol. The van der Waals surface area contributed by atoms with Crippen molar-refractivity contribution >= 4 is 17.9 Å². The molecule has 1 N–H and O–H groups in total. The smallest absolute Gasteiger partial charge is 0.221 e. The van der Waals surface area contributed by atoms with Gasteiger partial charge in [0.1, 0.15) is 11.6 Å². The molecule has 0 fully saturated rings. The van der Waals surface area contributed by atoms with Crippen molar-refractivity contribution in [3.63, 3.8) is 0 Å². The first-order chi connectivity index (χ1) is 9.61. The Morgan fingerprint density at radius 3 is 2.55 bits per heavy atom. The van der Waals surface area contributed by atoms with Gasteiger partial charge in [0.05, 0.1) is 11.3 Å². The Hall–Kier alpha value is -2.69. The number of carbonyl (C=O) groups is 2. The zero-order chi connectivity index (χ0) is 14.5. The summed E-state index contributed by atoms with van der Waals surface area (Å²) in [6.45, 7) is 1.37. The number of carbonyl (C=O) groups excluding carboxylic acids is 2. The Bertz CT molecular complexity index is 655. The van der Waals surface area contributed by atoms with Crippen molar-refractivity contribution in [1.29, 1.82) is 0 Å². The number of anilines is 1. The lowest BCUT2D eigenvalue weighted by molar-refractivity contribution is -0.114. The lowest BCUT2D eigenvalue weighted by atomic mass is 10.2. The number of rotatable bonds is 4. The number of nitrogens with one attached hydrogen (secondary N) is 1. The largest absolute Gasteiger partial charge is 0.454 e. The highest BCUT2D eigenvalue weighted by Crippen LogP contribution is 2.31. The minimum atomic E-state index is -0.658. The standard InChI is InChI=1S/C15H12FNO3/c1-10(19)17-13-6-2-3-7-15(13)20-14-8-4-5-12(16)11(14)9-18/h2-9H,1H3,(H,17,19). The van der Waals surface area contributed by atoms with Crippen molar-refractivity contribution < 1.29 is 18.7 Å². The van der Waals surface area contributed by atoms with E-state index in [9.17, 15) is 14.0 Å². The molecule has 0 radical (unpaired) electrons.